The quantitative estimate of drug-likeness (QED) is 0.498. The van der Waals surface area contributed by atoms with Crippen LogP contribution in [0, 0.1) is 0 Å². The molecule has 1 amide bonds. The Morgan fingerprint density at radius 2 is 2.21 bits per heavy atom. The highest BCUT2D eigenvalue weighted by Crippen LogP contribution is 1.98. The summed E-state index contributed by atoms with van der Waals surface area (Å²) in [5.41, 5.74) is 0. The van der Waals surface area contributed by atoms with E-state index in [2.05, 4.69) is 12.2 Å². The van der Waals surface area contributed by atoms with Gasteiger partial charge in [0.05, 0.1) is 6.61 Å². The Morgan fingerprint density at radius 3 is 2.64 bits per heavy atom. The lowest BCUT2D eigenvalue weighted by molar-refractivity contribution is -0.183. The van der Waals surface area contributed by atoms with Crippen molar-refractivity contribution in [3.8, 4) is 0 Å². The minimum atomic E-state index is -0.0332. The molecule has 14 heavy (non-hydrogen) atoms. The van der Waals surface area contributed by atoms with Gasteiger partial charge in [0, 0.05) is 19.5 Å². The third kappa shape index (κ3) is 5.94. The molecule has 1 atom stereocenters. The van der Waals surface area contributed by atoms with Crippen LogP contribution in [0.4, 0.5) is 0 Å². The number of amides is 1. The standard InChI is InChI=1S/C10H22N2O2/c1-5-12(10(3)13)14-8-6-7-9(2)11-4/h9,11H,5-8H2,1-4H3. The maximum absolute atomic E-state index is 10.9. The second-order valence-corrected chi connectivity index (χ2v) is 3.38. The number of carbonyl (C=O) groups excluding carboxylic acids is 1. The molecule has 4 nitrogen and oxygen atoms in total. The predicted molar refractivity (Wildman–Crippen MR) is 56.8 cm³/mol. The molecule has 1 N–H and O–H groups in total. The zero-order valence-corrected chi connectivity index (χ0v) is 9.67. The van der Waals surface area contributed by atoms with Gasteiger partial charge in [-0.05, 0) is 33.7 Å². The maximum atomic E-state index is 10.9. The minimum absolute atomic E-state index is 0.0332. The predicted octanol–water partition coefficient (Wildman–Crippen LogP) is 1.17. The molecule has 0 aliphatic carbocycles. The Morgan fingerprint density at radius 1 is 1.57 bits per heavy atom. The first-order valence-corrected chi connectivity index (χ1v) is 5.20. The highest BCUT2D eigenvalue weighted by atomic mass is 16.7. The molecule has 1 unspecified atom stereocenters. The fourth-order valence-electron chi connectivity index (χ4n) is 1.11. The Balaban J connectivity index is 3.47. The monoisotopic (exact) mass is 202 g/mol. The zero-order chi connectivity index (χ0) is 11.0. The van der Waals surface area contributed by atoms with Crippen LogP contribution in [0.15, 0.2) is 0 Å². The number of carbonyl (C=O) groups is 1. The van der Waals surface area contributed by atoms with Crippen LogP contribution in [0.1, 0.15) is 33.6 Å². The van der Waals surface area contributed by atoms with Crippen LogP contribution in [0.25, 0.3) is 0 Å². The molecule has 0 saturated carbocycles. The van der Waals surface area contributed by atoms with E-state index in [1.807, 2.05) is 14.0 Å². The summed E-state index contributed by atoms with van der Waals surface area (Å²) >= 11 is 0. The van der Waals surface area contributed by atoms with E-state index in [1.54, 1.807) is 0 Å². The van der Waals surface area contributed by atoms with Gasteiger partial charge in [-0.3, -0.25) is 9.63 Å². The van der Waals surface area contributed by atoms with Gasteiger partial charge in [-0.15, -0.1) is 0 Å². The van der Waals surface area contributed by atoms with E-state index >= 15 is 0 Å². The molecule has 0 saturated heterocycles. The van der Waals surface area contributed by atoms with Gasteiger partial charge in [0.25, 0.3) is 0 Å². The summed E-state index contributed by atoms with van der Waals surface area (Å²) in [4.78, 5) is 16.3. The molecule has 84 valence electrons. The maximum Gasteiger partial charge on any atom is 0.242 e. The van der Waals surface area contributed by atoms with Crippen molar-refractivity contribution >= 4 is 5.91 Å². The average Bonchev–Trinajstić information content (AvgIpc) is 2.16. The van der Waals surface area contributed by atoms with Crippen molar-refractivity contribution < 1.29 is 9.63 Å². The summed E-state index contributed by atoms with van der Waals surface area (Å²) in [7, 11) is 1.94. The van der Waals surface area contributed by atoms with Crippen molar-refractivity contribution in [1.29, 1.82) is 0 Å². The molecule has 0 aromatic rings. The summed E-state index contributed by atoms with van der Waals surface area (Å²) in [6.07, 6.45) is 2.03. The van der Waals surface area contributed by atoms with E-state index in [-0.39, 0.29) is 5.91 Å². The number of rotatable bonds is 7. The summed E-state index contributed by atoms with van der Waals surface area (Å²) < 4.78 is 0. The second kappa shape index (κ2) is 7.76. The summed E-state index contributed by atoms with van der Waals surface area (Å²) in [5.74, 6) is -0.0332. The largest absolute Gasteiger partial charge is 0.317 e. The van der Waals surface area contributed by atoms with Gasteiger partial charge in [-0.25, -0.2) is 5.06 Å². The van der Waals surface area contributed by atoms with Crippen LogP contribution in [0.3, 0.4) is 0 Å². The second-order valence-electron chi connectivity index (χ2n) is 3.38. The van der Waals surface area contributed by atoms with E-state index in [0.29, 0.717) is 19.2 Å². The summed E-state index contributed by atoms with van der Waals surface area (Å²) in [6, 6.07) is 0.506. The average molecular weight is 202 g/mol. The van der Waals surface area contributed by atoms with Crippen LogP contribution < -0.4 is 5.32 Å². The molecular weight excluding hydrogens is 180 g/mol. The number of nitrogens with zero attached hydrogens (tertiary/aromatic N) is 1. The molecule has 0 bridgehead atoms. The van der Waals surface area contributed by atoms with E-state index in [0.717, 1.165) is 12.8 Å². The van der Waals surface area contributed by atoms with E-state index in [1.165, 1.54) is 12.0 Å². The third-order valence-corrected chi connectivity index (χ3v) is 2.16. The first kappa shape index (κ1) is 13.4. The Kier molecular flexibility index (Phi) is 7.42. The van der Waals surface area contributed by atoms with Crippen molar-refractivity contribution in [2.45, 2.75) is 39.7 Å². The fraction of sp³-hybridized carbons (Fsp3) is 0.900. The molecule has 0 heterocycles. The lowest BCUT2D eigenvalue weighted by Gasteiger charge is -2.18. The highest BCUT2D eigenvalue weighted by Gasteiger charge is 2.06. The van der Waals surface area contributed by atoms with Crippen molar-refractivity contribution in [1.82, 2.24) is 10.4 Å². The molecule has 0 aliphatic rings. The minimum Gasteiger partial charge on any atom is -0.317 e. The molecule has 4 heteroatoms. The topological polar surface area (TPSA) is 41.6 Å². The first-order chi connectivity index (χ1) is 6.61. The van der Waals surface area contributed by atoms with Crippen LogP contribution >= 0.6 is 0 Å². The molecule has 0 rings (SSSR count). The normalized spacial score (nSPS) is 12.6. The lowest BCUT2D eigenvalue weighted by atomic mass is 10.2. The molecular formula is C10H22N2O2. The molecule has 0 aromatic heterocycles. The van der Waals surface area contributed by atoms with Crippen molar-refractivity contribution in [2.75, 3.05) is 20.2 Å². The Labute approximate surface area is 86.6 Å². The number of hydrogen-bond acceptors (Lipinski definition) is 3. The van der Waals surface area contributed by atoms with E-state index in [9.17, 15) is 4.79 Å². The Bertz CT molecular complexity index is 162. The van der Waals surface area contributed by atoms with Crippen LogP contribution in [0.2, 0.25) is 0 Å². The van der Waals surface area contributed by atoms with Crippen molar-refractivity contribution in [3.63, 3.8) is 0 Å². The van der Waals surface area contributed by atoms with Gasteiger partial charge in [0.2, 0.25) is 5.91 Å². The van der Waals surface area contributed by atoms with Crippen LogP contribution in [-0.4, -0.2) is 37.2 Å². The molecule has 0 radical (unpaired) electrons. The van der Waals surface area contributed by atoms with Gasteiger partial charge in [-0.1, -0.05) is 0 Å². The van der Waals surface area contributed by atoms with Gasteiger partial charge in [0.15, 0.2) is 0 Å². The molecule has 0 aliphatic heterocycles. The van der Waals surface area contributed by atoms with Crippen LogP contribution in [-0.2, 0) is 9.63 Å². The van der Waals surface area contributed by atoms with Crippen LogP contribution in [0.5, 0.6) is 0 Å². The van der Waals surface area contributed by atoms with Gasteiger partial charge in [-0.2, -0.15) is 0 Å². The smallest absolute Gasteiger partial charge is 0.242 e. The zero-order valence-electron chi connectivity index (χ0n) is 9.67. The summed E-state index contributed by atoms with van der Waals surface area (Å²) in [5, 5.41) is 4.55. The molecule has 0 fully saturated rings. The van der Waals surface area contributed by atoms with Gasteiger partial charge >= 0.3 is 0 Å². The van der Waals surface area contributed by atoms with Gasteiger partial charge in [0.1, 0.15) is 0 Å². The van der Waals surface area contributed by atoms with E-state index < -0.39 is 0 Å². The third-order valence-electron chi connectivity index (χ3n) is 2.16. The first-order valence-electron chi connectivity index (χ1n) is 5.20. The number of hydroxylamine groups is 2. The highest BCUT2D eigenvalue weighted by molar-refractivity contribution is 5.71. The van der Waals surface area contributed by atoms with Crippen molar-refractivity contribution in [3.05, 3.63) is 0 Å². The fourth-order valence-corrected chi connectivity index (χ4v) is 1.11. The molecule has 0 aromatic carbocycles. The number of hydrogen-bond donors (Lipinski definition) is 1. The molecule has 0 spiro atoms. The lowest BCUT2D eigenvalue weighted by Crippen LogP contribution is -2.29. The SMILES string of the molecule is CCN(OCCCC(C)NC)C(C)=O. The van der Waals surface area contributed by atoms with Gasteiger partial charge < -0.3 is 5.32 Å². The summed E-state index contributed by atoms with van der Waals surface area (Å²) in [6.45, 7) is 6.76. The Hall–Kier alpha value is -0.610. The number of nitrogens with one attached hydrogen (secondary N) is 1. The van der Waals surface area contributed by atoms with E-state index in [4.69, 9.17) is 4.84 Å². The van der Waals surface area contributed by atoms with Crippen molar-refractivity contribution in [2.24, 2.45) is 0 Å².